The Bertz CT molecular complexity index is 4850. The molecule has 8 nitrogen and oxygen atoms in total. The van der Waals surface area contributed by atoms with Crippen LogP contribution in [0, 0.1) is 46.5 Å². The second-order valence-corrected chi connectivity index (χ2v) is 20.6. The molecule has 4 aromatic heterocycles. The fourth-order valence-electron chi connectivity index (χ4n) is 12.7. The van der Waals surface area contributed by atoms with Crippen molar-refractivity contribution in [2.75, 3.05) is 0 Å². The minimum Gasteiger partial charge on any atom is -0.228 e. The van der Waals surface area contributed by atoms with Gasteiger partial charge in [0.2, 0.25) is 0 Å². The molecule has 0 spiro atoms. The van der Waals surface area contributed by atoms with Gasteiger partial charge in [-0.05, 0) is 140 Å². The molecular weight excluding hydrogens is 1080 g/mol. The van der Waals surface area contributed by atoms with Gasteiger partial charge in [-0.1, -0.05) is 72.8 Å². The number of nitrogens with zero attached hydrogens (tertiary/aromatic N) is 8. The van der Waals surface area contributed by atoms with Crippen molar-refractivity contribution in [3.05, 3.63) is 216 Å². The van der Waals surface area contributed by atoms with Crippen LogP contribution in [-0.4, -0.2) is 39.9 Å². The molecule has 16 heteroatoms. The third-order valence-electron chi connectivity index (χ3n) is 16.2. The summed E-state index contributed by atoms with van der Waals surface area (Å²) in [4.78, 5) is 36.6. The first-order valence-electron chi connectivity index (χ1n) is 26.4. The minimum absolute atomic E-state index is 0.0162. The summed E-state index contributed by atoms with van der Waals surface area (Å²) >= 11 is 0. The largest absolute Gasteiger partial charge is 0.228 e. The molecule has 4 heterocycles. The molecule has 0 bridgehead atoms. The molecule has 0 aliphatic carbocycles. The number of hydrogen-bond acceptors (Lipinski definition) is 8. The number of rotatable bonds is 4. The first-order chi connectivity index (χ1) is 40.9. The summed E-state index contributed by atoms with van der Waals surface area (Å²) in [7, 11) is 0. The Balaban J connectivity index is 0.000000132. The van der Waals surface area contributed by atoms with E-state index < -0.39 is 46.5 Å². The van der Waals surface area contributed by atoms with Crippen molar-refractivity contribution in [3.63, 3.8) is 0 Å². The molecule has 84 heavy (non-hydrogen) atoms. The van der Waals surface area contributed by atoms with Crippen LogP contribution in [0.15, 0.2) is 170 Å². The van der Waals surface area contributed by atoms with Gasteiger partial charge in [0.15, 0.2) is 23.3 Å². The zero-order valence-corrected chi connectivity index (χ0v) is 42.8. The first kappa shape index (κ1) is 47.8. The van der Waals surface area contributed by atoms with E-state index in [0.717, 1.165) is 86.2 Å². The molecule has 0 unspecified atom stereocenters. The molecule has 18 aromatic rings. The first-order valence-corrected chi connectivity index (χ1v) is 26.4. The predicted octanol–water partition coefficient (Wildman–Crippen LogP) is 17.9. The van der Waals surface area contributed by atoms with E-state index in [1.54, 1.807) is 0 Å². The molecule has 0 amide bonds. The van der Waals surface area contributed by atoms with Gasteiger partial charge in [0, 0.05) is 43.1 Å². The van der Waals surface area contributed by atoms with Crippen LogP contribution in [-0.2, 0) is 0 Å². The number of hydrogen-bond donors (Lipinski definition) is 0. The third-order valence-corrected chi connectivity index (χ3v) is 16.2. The van der Waals surface area contributed by atoms with Crippen LogP contribution in [0.25, 0.3) is 176 Å². The lowest BCUT2D eigenvalue weighted by Crippen LogP contribution is -2.00. The fraction of sp³-hybridized carbons (Fsp3) is 0. The average molecular weight is 1110 g/mol. The molecular formula is C68H28F8N8. The van der Waals surface area contributed by atoms with Gasteiger partial charge in [0.05, 0.1) is 66.4 Å². The fourth-order valence-corrected chi connectivity index (χ4v) is 12.7. The highest BCUT2D eigenvalue weighted by Crippen LogP contribution is 2.48. The quantitative estimate of drug-likeness (QED) is 0.0975. The van der Waals surface area contributed by atoms with Crippen molar-refractivity contribution in [3.8, 4) is 45.6 Å². The lowest BCUT2D eigenvalue weighted by molar-refractivity contribution is 0.587. The third kappa shape index (κ3) is 6.63. The van der Waals surface area contributed by atoms with E-state index in [9.17, 15) is 35.1 Å². The summed E-state index contributed by atoms with van der Waals surface area (Å²) in [6.07, 6.45) is 0. The van der Waals surface area contributed by atoms with Gasteiger partial charge in [-0.15, -0.1) is 0 Å². The van der Waals surface area contributed by atoms with Gasteiger partial charge in [-0.25, -0.2) is 75.0 Å². The van der Waals surface area contributed by atoms with Gasteiger partial charge < -0.3 is 0 Å². The highest BCUT2D eigenvalue weighted by atomic mass is 19.2. The van der Waals surface area contributed by atoms with Crippen LogP contribution in [0.4, 0.5) is 35.1 Å². The number of fused-ring (bicyclic) bond motifs is 4. The predicted molar refractivity (Wildman–Crippen MR) is 311 cm³/mol. The summed E-state index contributed by atoms with van der Waals surface area (Å²) in [6, 6.07) is 45.0. The molecule has 396 valence electrons. The summed E-state index contributed by atoms with van der Waals surface area (Å²) < 4.78 is 117. The summed E-state index contributed by atoms with van der Waals surface area (Å²) in [5.74, 6) is -5.89. The van der Waals surface area contributed by atoms with Gasteiger partial charge in [-0.2, -0.15) is 0 Å². The van der Waals surface area contributed by atoms with E-state index in [4.69, 9.17) is 0 Å². The second kappa shape index (κ2) is 17.3. The maximum atomic E-state index is 14.6. The van der Waals surface area contributed by atoms with Crippen molar-refractivity contribution in [2.45, 2.75) is 0 Å². The summed E-state index contributed by atoms with van der Waals surface area (Å²) in [5, 5.41) is 14.5. The van der Waals surface area contributed by atoms with Crippen molar-refractivity contribution < 1.29 is 35.1 Å². The maximum absolute atomic E-state index is 14.6. The summed E-state index contributed by atoms with van der Waals surface area (Å²) in [6.45, 7) is 0. The van der Waals surface area contributed by atoms with Gasteiger partial charge in [0.25, 0.3) is 0 Å². The van der Waals surface area contributed by atoms with Crippen LogP contribution >= 0.6 is 0 Å². The molecule has 0 saturated carbocycles. The zero-order valence-electron chi connectivity index (χ0n) is 42.8. The van der Waals surface area contributed by atoms with Crippen LogP contribution < -0.4 is 0 Å². The Morgan fingerprint density at radius 2 is 0.310 bits per heavy atom. The lowest BCUT2D eigenvalue weighted by Gasteiger charge is -2.18. The molecule has 0 aliphatic rings. The number of halogens is 8. The molecule has 14 aromatic carbocycles. The Morgan fingerprint density at radius 3 is 0.452 bits per heavy atom. The van der Waals surface area contributed by atoms with Crippen molar-refractivity contribution in [1.82, 2.24) is 39.9 Å². The van der Waals surface area contributed by atoms with Crippen molar-refractivity contribution >= 4 is 130 Å². The highest BCUT2D eigenvalue weighted by molar-refractivity contribution is 6.40. The summed E-state index contributed by atoms with van der Waals surface area (Å²) in [5.41, 5.74) is 3.53. The van der Waals surface area contributed by atoms with Gasteiger partial charge in [0.1, 0.15) is 46.5 Å². The Morgan fingerprint density at radius 1 is 0.167 bits per heavy atom. The molecule has 0 atom stereocenters. The Labute approximate surface area is 465 Å². The van der Waals surface area contributed by atoms with E-state index in [1.807, 2.05) is 97.1 Å². The monoisotopic (exact) mass is 1110 g/mol. The van der Waals surface area contributed by atoms with E-state index >= 15 is 0 Å². The second-order valence-electron chi connectivity index (χ2n) is 20.6. The zero-order chi connectivity index (χ0) is 56.5. The average Bonchev–Trinajstić information content (AvgIpc) is 1.18. The van der Waals surface area contributed by atoms with Crippen molar-refractivity contribution in [1.29, 1.82) is 0 Å². The molecule has 18 rings (SSSR count). The normalized spacial score (nSPS) is 12.3. The van der Waals surface area contributed by atoms with E-state index in [-0.39, 0.29) is 45.6 Å². The number of aromatic nitrogens is 8. The minimum atomic E-state index is -0.728. The SMILES string of the molecule is Fc1cccc(F)c1-c1nc2ccc3c4ccc5nc(-c6c(F)cccc6F)nc6ccc(c7ccc(n1)c2c37)c4c56.Fc1cccc(F)c1-c1nc2ccc3c4ccc5nc(-c6c(F)cccc6F)nc6ccc(c7ccc(n1)c2c37)c4c56. The van der Waals surface area contributed by atoms with Crippen molar-refractivity contribution in [2.24, 2.45) is 0 Å². The van der Waals surface area contributed by atoms with E-state index in [2.05, 4.69) is 39.9 Å². The molecule has 0 saturated heterocycles. The molecule has 0 N–H and O–H groups in total. The standard InChI is InChI=1S/2C34H14F4N4/c2*35-19-3-1-4-20(36)29(19)33-39-23-11-7-15-17-9-13-25-32-26(42-34(41-25)30-21(37)5-2-6-22(30)38)14-10-18(28(17)32)16-8-12-24(40-33)31(23)27(15)16/h2*1-14H. The molecule has 0 radical (unpaired) electrons. The smallest absolute Gasteiger partial charge is 0.166 e. The molecule has 0 aliphatic heterocycles. The molecule has 0 fully saturated rings. The maximum Gasteiger partial charge on any atom is 0.166 e. The van der Waals surface area contributed by atoms with Crippen LogP contribution in [0.2, 0.25) is 0 Å². The lowest BCUT2D eigenvalue weighted by atomic mass is 9.88. The van der Waals surface area contributed by atoms with E-state index in [0.29, 0.717) is 44.1 Å². The topological polar surface area (TPSA) is 103 Å². The highest BCUT2D eigenvalue weighted by Gasteiger charge is 2.26. The number of benzene rings is 14. The Kier molecular flexibility index (Phi) is 9.82. The van der Waals surface area contributed by atoms with Crippen LogP contribution in [0.3, 0.4) is 0 Å². The van der Waals surface area contributed by atoms with Crippen LogP contribution in [0.1, 0.15) is 0 Å². The van der Waals surface area contributed by atoms with Gasteiger partial charge in [-0.3, -0.25) is 0 Å². The van der Waals surface area contributed by atoms with E-state index in [1.165, 1.54) is 72.8 Å². The van der Waals surface area contributed by atoms with Crippen LogP contribution in [0.5, 0.6) is 0 Å². The Hall–Kier alpha value is -11.0. The van der Waals surface area contributed by atoms with Gasteiger partial charge >= 0.3 is 0 Å².